The number of alkyl halides is 3. The van der Waals surface area contributed by atoms with E-state index >= 15 is 0 Å². The quantitative estimate of drug-likeness (QED) is 0.213. The average Bonchev–Trinajstić information content (AvgIpc) is 3.32. The lowest BCUT2D eigenvalue weighted by Crippen LogP contribution is -2.40. The Hall–Kier alpha value is -4.31. The first-order valence-electron chi connectivity index (χ1n) is 12.3. The highest BCUT2D eigenvalue weighted by atomic mass is 35.5. The summed E-state index contributed by atoms with van der Waals surface area (Å²) in [5.74, 6) is 0.267. The number of aromatic amines is 1. The van der Waals surface area contributed by atoms with Crippen molar-refractivity contribution in [3.8, 4) is 11.5 Å². The summed E-state index contributed by atoms with van der Waals surface area (Å²) >= 11 is 6.12. The number of hydrogen-bond donors (Lipinski definition) is 2. The Morgan fingerprint density at radius 2 is 1.62 bits per heavy atom. The van der Waals surface area contributed by atoms with Crippen molar-refractivity contribution in [1.82, 2.24) is 15.0 Å². The van der Waals surface area contributed by atoms with Crippen LogP contribution in [0.1, 0.15) is 22.4 Å². The maximum Gasteiger partial charge on any atom is 0.416 e. The van der Waals surface area contributed by atoms with Gasteiger partial charge >= 0.3 is 6.18 Å². The third-order valence-electron chi connectivity index (χ3n) is 6.67. The van der Waals surface area contributed by atoms with Crippen LogP contribution in [0.25, 0.3) is 11.0 Å². The van der Waals surface area contributed by atoms with E-state index in [1.54, 1.807) is 24.3 Å². The van der Waals surface area contributed by atoms with Crippen molar-refractivity contribution in [1.29, 1.82) is 0 Å². The van der Waals surface area contributed by atoms with Crippen LogP contribution in [-0.2, 0) is 18.1 Å². The van der Waals surface area contributed by atoms with Crippen LogP contribution in [0, 0.1) is 5.82 Å². The molecule has 0 radical (unpaired) electrons. The number of H-pyrrole nitrogens is 1. The third kappa shape index (κ3) is 5.02. The first kappa shape index (κ1) is 25.9. The molecule has 2 N–H and O–H groups in total. The molecule has 1 aliphatic rings. The smallest absolute Gasteiger partial charge is 0.416 e. The van der Waals surface area contributed by atoms with Gasteiger partial charge in [0.2, 0.25) is 5.95 Å². The first-order chi connectivity index (χ1) is 19.2. The Morgan fingerprint density at radius 1 is 0.900 bits per heavy atom. The second-order valence-electron chi connectivity index (χ2n) is 9.38. The number of hydrogen-bond acceptors (Lipinski definition) is 5. The molecule has 2 aromatic heterocycles. The van der Waals surface area contributed by atoms with Gasteiger partial charge in [0.25, 0.3) is 0 Å². The van der Waals surface area contributed by atoms with Crippen molar-refractivity contribution in [3.05, 3.63) is 112 Å². The summed E-state index contributed by atoms with van der Waals surface area (Å²) in [6.07, 6.45) is -3.28. The number of anilines is 1. The van der Waals surface area contributed by atoms with E-state index in [1.165, 1.54) is 6.20 Å². The molecule has 0 saturated heterocycles. The van der Waals surface area contributed by atoms with E-state index in [-0.39, 0.29) is 17.9 Å². The molecule has 0 bridgehead atoms. The monoisotopic (exact) mass is 568 g/mol. The van der Waals surface area contributed by atoms with Crippen LogP contribution in [0.3, 0.4) is 0 Å². The number of pyridine rings is 1. The first-order valence-corrected chi connectivity index (χ1v) is 12.7. The summed E-state index contributed by atoms with van der Waals surface area (Å²) in [5.41, 5.74) is -0.399. The minimum Gasteiger partial charge on any atom is -0.486 e. The zero-order valence-corrected chi connectivity index (χ0v) is 21.5. The minimum absolute atomic E-state index is 0.00455. The van der Waals surface area contributed by atoms with Crippen molar-refractivity contribution < 1.29 is 27.0 Å². The van der Waals surface area contributed by atoms with Crippen molar-refractivity contribution in [2.75, 3.05) is 18.5 Å². The highest BCUT2D eigenvalue weighted by Gasteiger charge is 2.40. The fourth-order valence-corrected chi connectivity index (χ4v) is 4.97. The topological polar surface area (TPSA) is 72.1 Å². The Kier molecular flexibility index (Phi) is 6.50. The molecular formula is C29H21ClF4N4O2. The lowest BCUT2D eigenvalue weighted by Gasteiger charge is -2.35. The summed E-state index contributed by atoms with van der Waals surface area (Å²) in [4.78, 5) is 12.3. The molecule has 5 aromatic rings. The van der Waals surface area contributed by atoms with Gasteiger partial charge in [-0.15, -0.1) is 0 Å². The van der Waals surface area contributed by atoms with Crippen LogP contribution in [0.2, 0.25) is 5.02 Å². The Balaban J connectivity index is 1.57. The van der Waals surface area contributed by atoms with Crippen molar-refractivity contribution in [3.63, 3.8) is 0 Å². The molecular weight excluding hydrogens is 548 g/mol. The summed E-state index contributed by atoms with van der Waals surface area (Å²) < 4.78 is 67.8. The molecule has 1 atom stereocenters. The molecule has 0 aliphatic carbocycles. The van der Waals surface area contributed by atoms with Gasteiger partial charge in [-0.3, -0.25) is 4.98 Å². The fourth-order valence-electron chi connectivity index (χ4n) is 4.86. The lowest BCUT2D eigenvalue weighted by atomic mass is 9.80. The molecule has 1 aliphatic heterocycles. The zero-order valence-electron chi connectivity index (χ0n) is 20.7. The predicted octanol–water partition coefficient (Wildman–Crippen LogP) is 7.14. The Morgan fingerprint density at radius 3 is 2.33 bits per heavy atom. The van der Waals surface area contributed by atoms with Crippen molar-refractivity contribution in [2.24, 2.45) is 0 Å². The summed E-state index contributed by atoms with van der Waals surface area (Å²) in [7, 11) is 0. The highest BCUT2D eigenvalue weighted by molar-refractivity contribution is 6.30. The molecule has 0 fully saturated rings. The third-order valence-corrected chi connectivity index (χ3v) is 6.90. The number of benzene rings is 3. The molecule has 40 heavy (non-hydrogen) atoms. The molecule has 0 unspecified atom stereocenters. The number of imidazole rings is 1. The maximum absolute atomic E-state index is 14.9. The van der Waals surface area contributed by atoms with E-state index in [9.17, 15) is 17.6 Å². The number of rotatable bonds is 6. The number of ether oxygens (including phenoxy) is 2. The fraction of sp³-hybridized carbons (Fsp3) is 0.172. The summed E-state index contributed by atoms with van der Waals surface area (Å²) in [6.45, 7) is 0.804. The van der Waals surface area contributed by atoms with E-state index in [1.807, 2.05) is 30.3 Å². The number of fused-ring (bicyclic) bond motifs is 2. The molecule has 0 spiro atoms. The van der Waals surface area contributed by atoms with E-state index in [0.717, 1.165) is 17.7 Å². The average molecular weight is 569 g/mol. The zero-order chi connectivity index (χ0) is 27.9. The summed E-state index contributed by atoms with van der Waals surface area (Å²) in [5, 5.41) is 3.63. The normalized spacial score (nSPS) is 14.6. The van der Waals surface area contributed by atoms with Crippen LogP contribution < -0.4 is 14.8 Å². The molecule has 6 rings (SSSR count). The van der Waals surface area contributed by atoms with Gasteiger partial charge in [-0.25, -0.2) is 9.37 Å². The largest absolute Gasteiger partial charge is 0.486 e. The molecule has 6 nitrogen and oxygen atoms in total. The molecule has 11 heteroatoms. The maximum atomic E-state index is 14.9. The Bertz CT molecular complexity index is 1630. The van der Waals surface area contributed by atoms with Crippen LogP contribution in [0.4, 0.5) is 23.5 Å². The Labute approximate surface area is 230 Å². The molecule has 3 aromatic carbocycles. The molecule has 204 valence electrons. The summed E-state index contributed by atoms with van der Waals surface area (Å²) in [6, 6.07) is 18.2. The van der Waals surface area contributed by atoms with Gasteiger partial charge in [0, 0.05) is 24.8 Å². The number of aromatic nitrogens is 3. The minimum atomic E-state index is -4.78. The molecule has 0 amide bonds. The van der Waals surface area contributed by atoms with Gasteiger partial charge in [-0.2, -0.15) is 13.2 Å². The predicted molar refractivity (Wildman–Crippen MR) is 142 cm³/mol. The van der Waals surface area contributed by atoms with Gasteiger partial charge in [-0.05, 0) is 41.5 Å². The number of nitrogens with one attached hydrogen (secondary N) is 2. The van der Waals surface area contributed by atoms with E-state index in [2.05, 4.69) is 20.3 Å². The lowest BCUT2D eigenvalue weighted by molar-refractivity contribution is -0.137. The molecule has 3 heterocycles. The van der Waals surface area contributed by atoms with Crippen molar-refractivity contribution in [2.45, 2.75) is 18.1 Å². The second-order valence-corrected chi connectivity index (χ2v) is 9.82. The standard InChI is InChI=1S/C29H21ClF4N4O2/c30-20-6-7-26(35-16-20)28(15-17-4-2-1-3-5-17,18-10-19(29(32,33)34)12-21(31)11-18)38-27-36-22-13-24-25(14-23(22)37-27)40-9-8-39-24/h1-7,10-14,16H,8-9,15H2,(H2,36,37,38)/t28-/m1/s1. The van der Waals surface area contributed by atoms with Crippen LogP contribution in [-0.4, -0.2) is 28.2 Å². The van der Waals surface area contributed by atoms with E-state index < -0.39 is 23.1 Å². The molecule has 0 saturated carbocycles. The highest BCUT2D eigenvalue weighted by Crippen LogP contribution is 2.41. The number of nitrogens with zero attached hydrogens (tertiary/aromatic N) is 2. The van der Waals surface area contributed by atoms with Crippen LogP contribution in [0.5, 0.6) is 11.5 Å². The van der Waals surface area contributed by atoms with Gasteiger partial charge in [0.15, 0.2) is 11.5 Å². The second kappa shape index (κ2) is 10.0. The van der Waals surface area contributed by atoms with Crippen molar-refractivity contribution >= 4 is 28.6 Å². The van der Waals surface area contributed by atoms with Gasteiger partial charge in [-0.1, -0.05) is 41.9 Å². The van der Waals surface area contributed by atoms with Gasteiger partial charge in [0.1, 0.15) is 24.6 Å². The number of halogens is 5. The van der Waals surface area contributed by atoms with E-state index in [4.69, 9.17) is 21.1 Å². The van der Waals surface area contributed by atoms with E-state index in [0.29, 0.717) is 52.5 Å². The van der Waals surface area contributed by atoms with Crippen LogP contribution >= 0.6 is 11.6 Å². The van der Waals surface area contributed by atoms with Gasteiger partial charge < -0.3 is 19.8 Å². The SMILES string of the molecule is Fc1cc(C(F)(F)F)cc([C@@](Cc2ccccc2)(Nc2nc3cc4c(cc3[nH]2)OCCO4)c2ccc(Cl)cn2)c1. The van der Waals surface area contributed by atoms with Crippen LogP contribution in [0.15, 0.2) is 79.0 Å². The van der Waals surface area contributed by atoms with Gasteiger partial charge in [0.05, 0.1) is 27.3 Å².